The van der Waals surface area contributed by atoms with E-state index in [0.717, 1.165) is 18.9 Å². The van der Waals surface area contributed by atoms with E-state index in [9.17, 15) is 17.2 Å². The predicted octanol–water partition coefficient (Wildman–Crippen LogP) is 2.57. The van der Waals surface area contributed by atoms with Crippen LogP contribution in [0.3, 0.4) is 0 Å². The van der Waals surface area contributed by atoms with Gasteiger partial charge in [0.1, 0.15) is 11.6 Å². The van der Waals surface area contributed by atoms with Gasteiger partial charge in [-0.05, 0) is 43.2 Å². The summed E-state index contributed by atoms with van der Waals surface area (Å²) in [6, 6.07) is 3.60. The molecule has 1 atom stereocenters. The molecule has 20 heavy (non-hydrogen) atoms. The molecule has 0 bridgehead atoms. The molecule has 1 aliphatic rings. The van der Waals surface area contributed by atoms with Gasteiger partial charge in [-0.15, -0.1) is 0 Å². The molecule has 0 spiro atoms. The SMILES string of the molecule is CS(=O)(=O)N1CCCC(CCc2ccc(F)cc2F)C1. The minimum atomic E-state index is -3.15. The summed E-state index contributed by atoms with van der Waals surface area (Å²) in [6.07, 6.45) is 4.23. The number of nitrogens with zero attached hydrogens (tertiary/aromatic N) is 1. The second-order valence-electron chi connectivity index (χ2n) is 5.40. The van der Waals surface area contributed by atoms with Gasteiger partial charge in [-0.3, -0.25) is 0 Å². The first-order chi connectivity index (χ1) is 9.36. The van der Waals surface area contributed by atoms with E-state index in [4.69, 9.17) is 0 Å². The normalized spacial score (nSPS) is 21.1. The summed E-state index contributed by atoms with van der Waals surface area (Å²) in [6.45, 7) is 1.07. The highest BCUT2D eigenvalue weighted by Gasteiger charge is 2.25. The van der Waals surface area contributed by atoms with E-state index in [1.54, 1.807) is 0 Å². The molecule has 0 N–H and O–H groups in total. The van der Waals surface area contributed by atoms with E-state index in [0.29, 0.717) is 31.5 Å². The molecular formula is C14H19F2NO2S. The molecule has 6 heteroatoms. The lowest BCUT2D eigenvalue weighted by atomic mass is 9.92. The summed E-state index contributed by atoms with van der Waals surface area (Å²) in [7, 11) is -3.15. The summed E-state index contributed by atoms with van der Waals surface area (Å²) in [5, 5.41) is 0. The molecule has 1 unspecified atom stereocenters. The molecule has 1 aliphatic heterocycles. The van der Waals surface area contributed by atoms with Gasteiger partial charge in [0.25, 0.3) is 0 Å². The van der Waals surface area contributed by atoms with Crippen molar-refractivity contribution in [1.82, 2.24) is 4.31 Å². The van der Waals surface area contributed by atoms with E-state index in [1.807, 2.05) is 0 Å². The third-order valence-electron chi connectivity index (χ3n) is 3.79. The zero-order valence-corrected chi connectivity index (χ0v) is 12.3. The number of benzene rings is 1. The van der Waals surface area contributed by atoms with Gasteiger partial charge in [-0.1, -0.05) is 6.07 Å². The monoisotopic (exact) mass is 303 g/mol. The lowest BCUT2D eigenvalue weighted by Gasteiger charge is -2.31. The third kappa shape index (κ3) is 3.99. The summed E-state index contributed by atoms with van der Waals surface area (Å²) < 4.78 is 50.9. The maximum Gasteiger partial charge on any atom is 0.211 e. The molecule has 112 valence electrons. The Morgan fingerprint density at radius 1 is 1.35 bits per heavy atom. The fraction of sp³-hybridized carbons (Fsp3) is 0.571. The van der Waals surface area contributed by atoms with Crippen LogP contribution in [-0.4, -0.2) is 32.1 Å². The number of sulfonamides is 1. The molecule has 1 fully saturated rings. The van der Waals surface area contributed by atoms with Crippen LogP contribution in [0.2, 0.25) is 0 Å². The van der Waals surface area contributed by atoms with E-state index in [-0.39, 0.29) is 5.92 Å². The Morgan fingerprint density at radius 2 is 2.10 bits per heavy atom. The molecular weight excluding hydrogens is 284 g/mol. The van der Waals surface area contributed by atoms with Crippen molar-refractivity contribution in [3.8, 4) is 0 Å². The topological polar surface area (TPSA) is 37.4 Å². The van der Waals surface area contributed by atoms with Crippen LogP contribution in [0.5, 0.6) is 0 Å². The van der Waals surface area contributed by atoms with E-state index < -0.39 is 21.7 Å². The maximum atomic E-state index is 13.5. The Bertz CT molecular complexity index is 575. The zero-order chi connectivity index (χ0) is 14.8. The van der Waals surface area contributed by atoms with Crippen molar-refractivity contribution in [3.63, 3.8) is 0 Å². The number of hydrogen-bond donors (Lipinski definition) is 0. The van der Waals surface area contributed by atoms with Gasteiger partial charge < -0.3 is 0 Å². The highest BCUT2D eigenvalue weighted by molar-refractivity contribution is 7.88. The van der Waals surface area contributed by atoms with Crippen molar-refractivity contribution in [2.45, 2.75) is 25.7 Å². The van der Waals surface area contributed by atoms with Crippen molar-refractivity contribution in [1.29, 1.82) is 0 Å². The largest absolute Gasteiger partial charge is 0.213 e. The highest BCUT2D eigenvalue weighted by atomic mass is 32.2. The molecule has 0 aromatic heterocycles. The highest BCUT2D eigenvalue weighted by Crippen LogP contribution is 2.23. The van der Waals surface area contributed by atoms with Crippen LogP contribution in [0.15, 0.2) is 18.2 Å². The van der Waals surface area contributed by atoms with Crippen molar-refractivity contribution >= 4 is 10.0 Å². The standard InChI is InChI=1S/C14H19F2NO2S/c1-20(18,19)17-8-2-3-11(10-17)4-5-12-6-7-13(15)9-14(12)16/h6-7,9,11H,2-5,8,10H2,1H3. The maximum absolute atomic E-state index is 13.5. The fourth-order valence-electron chi connectivity index (χ4n) is 2.65. The van der Waals surface area contributed by atoms with Gasteiger partial charge in [0, 0.05) is 19.2 Å². The smallest absolute Gasteiger partial charge is 0.211 e. The van der Waals surface area contributed by atoms with Crippen molar-refractivity contribution in [2.24, 2.45) is 5.92 Å². The summed E-state index contributed by atoms with van der Waals surface area (Å²) >= 11 is 0. The Hall–Kier alpha value is -1.01. The van der Waals surface area contributed by atoms with Crippen molar-refractivity contribution in [2.75, 3.05) is 19.3 Å². The van der Waals surface area contributed by atoms with Gasteiger partial charge in [0.2, 0.25) is 10.0 Å². The molecule has 0 radical (unpaired) electrons. The van der Waals surface area contributed by atoms with Gasteiger partial charge in [0.05, 0.1) is 6.26 Å². The summed E-state index contributed by atoms with van der Waals surface area (Å²) in [5.74, 6) is -0.865. The van der Waals surface area contributed by atoms with Gasteiger partial charge >= 0.3 is 0 Å². The first-order valence-electron chi connectivity index (χ1n) is 6.75. The van der Waals surface area contributed by atoms with Crippen LogP contribution in [0, 0.1) is 17.6 Å². The number of halogens is 2. The van der Waals surface area contributed by atoms with Crippen molar-refractivity contribution < 1.29 is 17.2 Å². The van der Waals surface area contributed by atoms with Crippen LogP contribution in [-0.2, 0) is 16.4 Å². The number of hydrogen-bond acceptors (Lipinski definition) is 2. The fourth-order valence-corrected chi connectivity index (χ4v) is 3.59. The quantitative estimate of drug-likeness (QED) is 0.857. The molecule has 0 aliphatic carbocycles. The van der Waals surface area contributed by atoms with Crippen LogP contribution in [0.1, 0.15) is 24.8 Å². The summed E-state index contributed by atoms with van der Waals surface area (Å²) in [5.41, 5.74) is 0.489. The van der Waals surface area contributed by atoms with Gasteiger partial charge in [-0.25, -0.2) is 21.5 Å². The number of rotatable bonds is 4. The molecule has 3 nitrogen and oxygen atoms in total. The average molecular weight is 303 g/mol. The van der Waals surface area contributed by atoms with E-state index in [1.165, 1.54) is 22.7 Å². The van der Waals surface area contributed by atoms with Crippen LogP contribution in [0.4, 0.5) is 8.78 Å². The lowest BCUT2D eigenvalue weighted by Crippen LogP contribution is -2.39. The Balaban J connectivity index is 1.94. The average Bonchev–Trinajstić information content (AvgIpc) is 2.37. The Morgan fingerprint density at radius 3 is 2.75 bits per heavy atom. The molecule has 1 saturated heterocycles. The molecule has 0 amide bonds. The second-order valence-corrected chi connectivity index (χ2v) is 7.39. The minimum Gasteiger partial charge on any atom is -0.213 e. The van der Waals surface area contributed by atoms with Crippen LogP contribution >= 0.6 is 0 Å². The molecule has 1 heterocycles. The molecule has 2 rings (SSSR count). The number of aryl methyl sites for hydroxylation is 1. The van der Waals surface area contributed by atoms with Crippen LogP contribution in [0.25, 0.3) is 0 Å². The van der Waals surface area contributed by atoms with E-state index in [2.05, 4.69) is 0 Å². The Kier molecular flexibility index (Phi) is 4.75. The molecule has 1 aromatic carbocycles. The number of piperidine rings is 1. The van der Waals surface area contributed by atoms with Crippen molar-refractivity contribution in [3.05, 3.63) is 35.4 Å². The minimum absolute atomic E-state index is 0.239. The first-order valence-corrected chi connectivity index (χ1v) is 8.60. The third-order valence-corrected chi connectivity index (χ3v) is 5.06. The van der Waals surface area contributed by atoms with Gasteiger partial charge in [-0.2, -0.15) is 0 Å². The zero-order valence-electron chi connectivity index (χ0n) is 11.5. The first kappa shape index (κ1) is 15.4. The lowest BCUT2D eigenvalue weighted by molar-refractivity contribution is 0.257. The molecule has 0 saturated carbocycles. The van der Waals surface area contributed by atoms with Gasteiger partial charge in [0.15, 0.2) is 0 Å². The summed E-state index contributed by atoms with van der Waals surface area (Å²) in [4.78, 5) is 0. The molecule has 1 aromatic rings. The predicted molar refractivity (Wildman–Crippen MR) is 73.8 cm³/mol. The second kappa shape index (κ2) is 6.18. The van der Waals surface area contributed by atoms with E-state index >= 15 is 0 Å². The Labute approximate surface area is 118 Å². The van der Waals surface area contributed by atoms with Crippen LogP contribution < -0.4 is 0 Å².